The first kappa shape index (κ1) is 12.2. The van der Waals surface area contributed by atoms with E-state index in [1.807, 2.05) is 11.3 Å². The van der Waals surface area contributed by atoms with Crippen LogP contribution >= 0.6 is 11.3 Å². The third-order valence-corrected chi connectivity index (χ3v) is 5.21. The second-order valence-corrected chi connectivity index (χ2v) is 6.42. The third kappa shape index (κ3) is 2.07. The molecule has 3 unspecified atom stereocenters. The highest BCUT2D eigenvalue weighted by atomic mass is 32.1. The second-order valence-electron chi connectivity index (χ2n) is 5.51. The molecule has 0 bridgehead atoms. The third-order valence-electron chi connectivity index (χ3n) is 4.23. The molecule has 18 heavy (non-hydrogen) atoms. The first-order valence-electron chi connectivity index (χ1n) is 6.72. The molecule has 1 saturated carbocycles. The van der Waals surface area contributed by atoms with Crippen molar-refractivity contribution in [1.82, 2.24) is 5.43 Å². The number of nitrogens with one attached hydrogen (secondary N) is 1. The lowest BCUT2D eigenvalue weighted by atomic mass is 9.91. The summed E-state index contributed by atoms with van der Waals surface area (Å²) in [5.74, 6) is 7.36. The molecule has 3 N–H and O–H groups in total. The van der Waals surface area contributed by atoms with E-state index in [1.54, 1.807) is 0 Å². The van der Waals surface area contributed by atoms with Gasteiger partial charge in [0.05, 0.1) is 6.04 Å². The minimum atomic E-state index is 0.303. The van der Waals surface area contributed by atoms with Crippen LogP contribution in [0.4, 0.5) is 0 Å². The Bertz CT molecular complexity index is 534. The topological polar surface area (TPSA) is 38.0 Å². The summed E-state index contributed by atoms with van der Waals surface area (Å²) in [6.45, 7) is 2.35. The van der Waals surface area contributed by atoms with Crippen LogP contribution < -0.4 is 11.3 Å². The highest BCUT2D eigenvalue weighted by molar-refractivity contribution is 7.17. The van der Waals surface area contributed by atoms with Crippen molar-refractivity contribution < 1.29 is 0 Å². The van der Waals surface area contributed by atoms with E-state index in [0.717, 1.165) is 5.92 Å². The van der Waals surface area contributed by atoms with Crippen LogP contribution in [-0.2, 0) is 0 Å². The molecule has 0 radical (unpaired) electrons. The van der Waals surface area contributed by atoms with Crippen molar-refractivity contribution in [3.05, 3.63) is 35.2 Å². The smallest absolute Gasteiger partial charge is 0.0502 e. The maximum absolute atomic E-state index is 5.84. The number of fused-ring (bicyclic) bond motifs is 1. The van der Waals surface area contributed by atoms with Crippen molar-refractivity contribution in [2.75, 3.05) is 0 Å². The van der Waals surface area contributed by atoms with Gasteiger partial charge < -0.3 is 0 Å². The van der Waals surface area contributed by atoms with E-state index in [9.17, 15) is 0 Å². The molecule has 1 aliphatic carbocycles. The molecule has 1 aromatic heterocycles. The molecule has 0 spiro atoms. The normalized spacial score (nSPS) is 25.7. The monoisotopic (exact) mass is 260 g/mol. The van der Waals surface area contributed by atoms with Crippen molar-refractivity contribution in [2.24, 2.45) is 17.7 Å². The van der Waals surface area contributed by atoms with Gasteiger partial charge >= 0.3 is 0 Å². The quantitative estimate of drug-likeness (QED) is 0.650. The first-order chi connectivity index (χ1) is 8.79. The zero-order valence-electron chi connectivity index (χ0n) is 10.7. The van der Waals surface area contributed by atoms with Gasteiger partial charge in [0, 0.05) is 4.70 Å². The summed E-state index contributed by atoms with van der Waals surface area (Å²) < 4.78 is 1.39. The number of thiophene rings is 1. The second kappa shape index (κ2) is 5.00. The van der Waals surface area contributed by atoms with Gasteiger partial charge in [-0.25, -0.2) is 0 Å². The van der Waals surface area contributed by atoms with Gasteiger partial charge in [-0.15, -0.1) is 11.3 Å². The van der Waals surface area contributed by atoms with E-state index in [0.29, 0.717) is 12.0 Å². The minimum Gasteiger partial charge on any atom is -0.271 e. The standard InChI is InChI=1S/C15H20N2S/c1-10-5-6-12(9-10)14(17-16)13-4-2-3-11-7-8-18-15(11)13/h2-4,7-8,10,12,14,17H,5-6,9,16H2,1H3. The lowest BCUT2D eigenvalue weighted by molar-refractivity contribution is 0.366. The molecular weight excluding hydrogens is 240 g/mol. The average molecular weight is 260 g/mol. The van der Waals surface area contributed by atoms with Crippen LogP contribution in [0.1, 0.15) is 37.8 Å². The zero-order valence-corrected chi connectivity index (χ0v) is 11.5. The van der Waals surface area contributed by atoms with Gasteiger partial charge in [0.2, 0.25) is 0 Å². The Morgan fingerprint density at radius 2 is 2.22 bits per heavy atom. The predicted octanol–water partition coefficient (Wildman–Crippen LogP) is 3.84. The van der Waals surface area contributed by atoms with Crippen LogP contribution in [0, 0.1) is 11.8 Å². The van der Waals surface area contributed by atoms with Crippen molar-refractivity contribution in [1.29, 1.82) is 0 Å². The molecule has 3 rings (SSSR count). The number of hydrazine groups is 1. The highest BCUT2D eigenvalue weighted by Gasteiger charge is 2.30. The van der Waals surface area contributed by atoms with Crippen molar-refractivity contribution in [3.8, 4) is 0 Å². The first-order valence-corrected chi connectivity index (χ1v) is 7.60. The number of hydrogen-bond acceptors (Lipinski definition) is 3. The summed E-state index contributed by atoms with van der Waals surface area (Å²) >= 11 is 1.82. The molecule has 3 heteroatoms. The van der Waals surface area contributed by atoms with Crippen molar-refractivity contribution in [3.63, 3.8) is 0 Å². The van der Waals surface area contributed by atoms with Crippen LogP contribution in [-0.4, -0.2) is 0 Å². The molecule has 1 fully saturated rings. The van der Waals surface area contributed by atoms with E-state index in [1.165, 1.54) is 34.9 Å². The van der Waals surface area contributed by atoms with E-state index in [-0.39, 0.29) is 0 Å². The maximum atomic E-state index is 5.84. The molecule has 0 saturated heterocycles. The van der Waals surface area contributed by atoms with Gasteiger partial charge in [0.25, 0.3) is 0 Å². The van der Waals surface area contributed by atoms with E-state index >= 15 is 0 Å². The lowest BCUT2D eigenvalue weighted by Crippen LogP contribution is -2.32. The van der Waals surface area contributed by atoms with E-state index in [4.69, 9.17) is 5.84 Å². The minimum absolute atomic E-state index is 0.303. The number of nitrogens with two attached hydrogens (primary N) is 1. The maximum Gasteiger partial charge on any atom is 0.0502 e. The summed E-state index contributed by atoms with van der Waals surface area (Å²) in [6, 6.07) is 9.05. The summed E-state index contributed by atoms with van der Waals surface area (Å²) in [5, 5.41) is 3.50. The highest BCUT2D eigenvalue weighted by Crippen LogP contribution is 2.41. The van der Waals surface area contributed by atoms with Crippen LogP contribution in [0.15, 0.2) is 29.6 Å². The fraction of sp³-hybridized carbons (Fsp3) is 0.467. The van der Waals surface area contributed by atoms with E-state index in [2.05, 4.69) is 42.0 Å². The number of benzene rings is 1. The van der Waals surface area contributed by atoms with Gasteiger partial charge in [-0.2, -0.15) is 0 Å². The largest absolute Gasteiger partial charge is 0.271 e. The van der Waals surface area contributed by atoms with Gasteiger partial charge in [-0.3, -0.25) is 11.3 Å². The SMILES string of the molecule is CC1CCC(C(NN)c2cccc3ccsc23)C1. The Labute approximate surface area is 112 Å². The van der Waals surface area contributed by atoms with Gasteiger partial charge in [0.1, 0.15) is 0 Å². The Hall–Kier alpha value is -0.900. The summed E-state index contributed by atoms with van der Waals surface area (Å²) in [7, 11) is 0. The molecule has 1 aromatic carbocycles. The Morgan fingerprint density at radius 3 is 2.94 bits per heavy atom. The molecule has 2 aromatic rings. The van der Waals surface area contributed by atoms with Crippen LogP contribution in [0.2, 0.25) is 0 Å². The number of hydrogen-bond donors (Lipinski definition) is 2. The summed E-state index contributed by atoms with van der Waals surface area (Å²) in [5.41, 5.74) is 4.45. The summed E-state index contributed by atoms with van der Waals surface area (Å²) in [6.07, 6.45) is 3.91. The lowest BCUT2D eigenvalue weighted by Gasteiger charge is -2.24. The van der Waals surface area contributed by atoms with Gasteiger partial charge in [0.15, 0.2) is 0 Å². The fourth-order valence-electron chi connectivity index (χ4n) is 3.29. The Kier molecular flexibility index (Phi) is 3.37. The molecule has 0 amide bonds. The van der Waals surface area contributed by atoms with Crippen LogP contribution in [0.25, 0.3) is 10.1 Å². The van der Waals surface area contributed by atoms with Gasteiger partial charge in [-0.05, 0) is 47.1 Å². The Morgan fingerprint density at radius 1 is 1.33 bits per heavy atom. The van der Waals surface area contributed by atoms with E-state index < -0.39 is 0 Å². The molecular formula is C15H20N2S. The summed E-state index contributed by atoms with van der Waals surface area (Å²) in [4.78, 5) is 0. The molecule has 3 atom stereocenters. The van der Waals surface area contributed by atoms with Crippen molar-refractivity contribution in [2.45, 2.75) is 32.2 Å². The van der Waals surface area contributed by atoms with Crippen LogP contribution in [0.5, 0.6) is 0 Å². The zero-order chi connectivity index (χ0) is 12.5. The van der Waals surface area contributed by atoms with Crippen molar-refractivity contribution >= 4 is 21.4 Å². The molecule has 2 nitrogen and oxygen atoms in total. The fourth-order valence-corrected chi connectivity index (χ4v) is 4.25. The predicted molar refractivity (Wildman–Crippen MR) is 78.4 cm³/mol. The van der Waals surface area contributed by atoms with Crippen LogP contribution in [0.3, 0.4) is 0 Å². The molecule has 1 heterocycles. The number of rotatable bonds is 3. The average Bonchev–Trinajstić information content (AvgIpc) is 2.99. The molecule has 96 valence electrons. The molecule has 1 aliphatic rings. The van der Waals surface area contributed by atoms with Gasteiger partial charge in [-0.1, -0.05) is 31.5 Å². The molecule has 0 aliphatic heterocycles. The Balaban J connectivity index is 1.98.